The fourth-order valence-corrected chi connectivity index (χ4v) is 4.05. The van der Waals surface area contributed by atoms with Crippen LogP contribution in [0, 0.1) is 5.92 Å². The van der Waals surface area contributed by atoms with E-state index in [-0.39, 0.29) is 11.6 Å². The van der Waals surface area contributed by atoms with Gasteiger partial charge in [0.1, 0.15) is 17.8 Å². The summed E-state index contributed by atoms with van der Waals surface area (Å²) >= 11 is 0. The van der Waals surface area contributed by atoms with Crippen LogP contribution in [-0.4, -0.2) is 78.3 Å². The molecule has 5 N–H and O–H groups in total. The van der Waals surface area contributed by atoms with E-state index in [4.69, 9.17) is 15.0 Å². The molecule has 0 bridgehead atoms. The molecular weight excluding hydrogens is 507 g/mol. The molecule has 13 heteroatoms. The van der Waals surface area contributed by atoms with Gasteiger partial charge in [-0.2, -0.15) is 0 Å². The van der Waals surface area contributed by atoms with Crippen LogP contribution in [0.2, 0.25) is 0 Å². The minimum atomic E-state index is -1.41. The van der Waals surface area contributed by atoms with E-state index in [1.807, 2.05) is 44.2 Å². The highest BCUT2D eigenvalue weighted by Gasteiger charge is 2.50. The highest BCUT2D eigenvalue weighted by molar-refractivity contribution is 6.51. The van der Waals surface area contributed by atoms with Gasteiger partial charge in [0.05, 0.1) is 24.8 Å². The highest BCUT2D eigenvalue weighted by atomic mass is 16.7. The number of carbonyl (C=O) groups is 4. The number of ether oxygens (including phenoxy) is 1. The second-order valence-electron chi connectivity index (χ2n) is 9.62. The van der Waals surface area contributed by atoms with Gasteiger partial charge in [-0.05, 0) is 31.4 Å². The maximum atomic E-state index is 13.2. The van der Waals surface area contributed by atoms with Crippen LogP contribution in [0.4, 0.5) is 0 Å². The molecule has 0 aliphatic carbocycles. The zero-order valence-corrected chi connectivity index (χ0v) is 22.2. The molecule has 2 amide bonds. The smallest absolute Gasteiger partial charge is 0.506 e. The highest BCUT2D eigenvalue weighted by Crippen LogP contribution is 2.20. The van der Waals surface area contributed by atoms with Gasteiger partial charge in [-0.3, -0.25) is 19.2 Å². The Kier molecular flexibility index (Phi) is 10.2. The molecule has 1 unspecified atom stereocenters. The summed E-state index contributed by atoms with van der Waals surface area (Å²) < 4.78 is 15.4. The van der Waals surface area contributed by atoms with Crippen molar-refractivity contribution in [2.24, 2.45) is 11.7 Å². The molecule has 1 fully saturated rings. The summed E-state index contributed by atoms with van der Waals surface area (Å²) in [4.78, 5) is 54.8. The Bertz CT molecular complexity index is 1180. The van der Waals surface area contributed by atoms with Crippen molar-refractivity contribution >= 4 is 30.9 Å². The SMILES string of the molecule is COC(=O)[C@H](N)[C@H]1OB([C@H](CC(C)C)NC(=O)C(NC(=O)c2cccc(-c3ccccc3)n2)[C@@H](C)O)OC1=O. The fourth-order valence-electron chi connectivity index (χ4n) is 4.05. The average molecular weight is 540 g/mol. The number of pyridine rings is 1. The van der Waals surface area contributed by atoms with Gasteiger partial charge < -0.3 is 35.5 Å². The molecule has 1 saturated heterocycles. The van der Waals surface area contributed by atoms with E-state index in [1.165, 1.54) is 13.0 Å². The number of hydrogen-bond acceptors (Lipinski definition) is 10. The van der Waals surface area contributed by atoms with E-state index in [1.54, 1.807) is 12.1 Å². The Balaban J connectivity index is 1.74. The molecule has 1 aliphatic rings. The number of nitrogens with two attached hydrogens (primary N) is 1. The lowest BCUT2D eigenvalue weighted by molar-refractivity contribution is -0.149. The fraction of sp³-hybridized carbons (Fsp3) is 0.423. The van der Waals surface area contributed by atoms with Crippen LogP contribution in [0.3, 0.4) is 0 Å². The van der Waals surface area contributed by atoms with Crippen molar-refractivity contribution in [3.63, 3.8) is 0 Å². The molecule has 1 aromatic heterocycles. The van der Waals surface area contributed by atoms with Crippen LogP contribution in [-0.2, 0) is 28.4 Å². The molecule has 2 aromatic rings. The lowest BCUT2D eigenvalue weighted by Gasteiger charge is -2.26. The number of carbonyl (C=O) groups excluding carboxylic acids is 4. The number of aromatic nitrogens is 1. The monoisotopic (exact) mass is 540 g/mol. The molecule has 0 saturated carbocycles. The van der Waals surface area contributed by atoms with Crippen LogP contribution in [0.5, 0.6) is 0 Å². The lowest BCUT2D eigenvalue weighted by atomic mass is 9.74. The van der Waals surface area contributed by atoms with Gasteiger partial charge in [-0.25, -0.2) is 4.98 Å². The van der Waals surface area contributed by atoms with E-state index in [2.05, 4.69) is 20.4 Å². The van der Waals surface area contributed by atoms with E-state index in [0.717, 1.165) is 12.7 Å². The minimum Gasteiger partial charge on any atom is -0.506 e. The van der Waals surface area contributed by atoms with Crippen LogP contribution in [0.25, 0.3) is 11.3 Å². The Morgan fingerprint density at radius 3 is 2.41 bits per heavy atom. The molecule has 12 nitrogen and oxygen atoms in total. The summed E-state index contributed by atoms with van der Waals surface area (Å²) in [6.07, 6.45) is -2.38. The van der Waals surface area contributed by atoms with E-state index in [0.29, 0.717) is 12.1 Å². The van der Waals surface area contributed by atoms with Crippen molar-refractivity contribution in [3.05, 3.63) is 54.2 Å². The second-order valence-corrected chi connectivity index (χ2v) is 9.62. The van der Waals surface area contributed by atoms with E-state index < -0.39 is 61.1 Å². The van der Waals surface area contributed by atoms with Gasteiger partial charge in [0.2, 0.25) is 5.91 Å². The number of hydrogen-bond donors (Lipinski definition) is 4. The van der Waals surface area contributed by atoms with Crippen molar-refractivity contribution < 1.29 is 38.3 Å². The van der Waals surface area contributed by atoms with Gasteiger partial charge in [0, 0.05) is 5.56 Å². The third-order valence-electron chi connectivity index (χ3n) is 6.03. The van der Waals surface area contributed by atoms with E-state index in [9.17, 15) is 24.3 Å². The summed E-state index contributed by atoms with van der Waals surface area (Å²) in [6, 6.07) is 11.4. The normalized spacial score (nSPS) is 18.1. The maximum Gasteiger partial charge on any atom is 0.552 e. The molecule has 39 heavy (non-hydrogen) atoms. The molecule has 1 aliphatic heterocycles. The van der Waals surface area contributed by atoms with Crippen molar-refractivity contribution in [1.29, 1.82) is 0 Å². The Labute approximate surface area is 226 Å². The van der Waals surface area contributed by atoms with Gasteiger partial charge in [-0.15, -0.1) is 0 Å². The van der Waals surface area contributed by atoms with Gasteiger partial charge in [0.15, 0.2) is 6.10 Å². The summed E-state index contributed by atoms with van der Waals surface area (Å²) in [7, 11) is -0.126. The first kappa shape index (κ1) is 29.7. The Hall–Kier alpha value is -3.81. The third kappa shape index (κ3) is 7.62. The second kappa shape index (κ2) is 13.3. The summed E-state index contributed by atoms with van der Waals surface area (Å²) in [5.74, 6) is -3.97. The quantitative estimate of drug-likeness (QED) is 0.228. The van der Waals surface area contributed by atoms with Crippen LogP contribution < -0.4 is 16.4 Å². The minimum absolute atomic E-state index is 0.0236. The number of benzene rings is 1. The molecule has 5 atom stereocenters. The molecule has 2 heterocycles. The summed E-state index contributed by atoms with van der Waals surface area (Å²) in [5, 5.41) is 15.6. The van der Waals surface area contributed by atoms with Gasteiger partial charge in [0.25, 0.3) is 5.91 Å². The van der Waals surface area contributed by atoms with E-state index >= 15 is 0 Å². The zero-order valence-electron chi connectivity index (χ0n) is 22.2. The standard InChI is InChI=1S/C26H33BN4O8/c1-14(2)13-19(27-38-22(26(36)39-27)20(28)25(35)37-4)30-24(34)21(15(3)32)31-23(33)18-12-8-11-17(29-18)16-9-6-5-7-10-16/h5-12,14-15,19-22,32H,13,28H2,1-4H3,(H,30,34)(H,31,33)/t15-,19+,20-,21?,22-/m1/s1. The first-order chi connectivity index (χ1) is 18.5. The Morgan fingerprint density at radius 1 is 1.10 bits per heavy atom. The maximum absolute atomic E-state index is 13.2. The first-order valence-electron chi connectivity index (χ1n) is 12.5. The number of aliphatic hydroxyl groups excluding tert-OH is 1. The average Bonchev–Trinajstić information content (AvgIpc) is 3.31. The van der Waals surface area contributed by atoms with Crippen LogP contribution in [0.15, 0.2) is 48.5 Å². The number of amides is 2. The summed E-state index contributed by atoms with van der Waals surface area (Å²) in [5.41, 5.74) is 7.19. The molecule has 0 spiro atoms. The predicted molar refractivity (Wildman–Crippen MR) is 141 cm³/mol. The molecular formula is C26H33BN4O8. The topological polar surface area (TPSA) is 179 Å². The number of methoxy groups -OCH3 is 1. The summed E-state index contributed by atoms with van der Waals surface area (Å²) in [6.45, 7) is 5.12. The number of aliphatic hydroxyl groups is 1. The van der Waals surface area contributed by atoms with Gasteiger partial charge in [-0.1, -0.05) is 50.2 Å². The van der Waals surface area contributed by atoms with Crippen molar-refractivity contribution in [2.75, 3.05) is 7.11 Å². The van der Waals surface area contributed by atoms with Crippen molar-refractivity contribution in [2.45, 2.75) is 57.4 Å². The molecule has 0 radical (unpaired) electrons. The number of nitrogens with zero attached hydrogens (tertiary/aromatic N) is 1. The van der Waals surface area contributed by atoms with Crippen LogP contribution in [0.1, 0.15) is 37.7 Å². The van der Waals surface area contributed by atoms with Crippen molar-refractivity contribution in [1.82, 2.24) is 15.6 Å². The Morgan fingerprint density at radius 2 is 1.79 bits per heavy atom. The zero-order chi connectivity index (χ0) is 28.7. The molecule has 1 aromatic carbocycles. The third-order valence-corrected chi connectivity index (χ3v) is 6.03. The van der Waals surface area contributed by atoms with Crippen molar-refractivity contribution in [3.8, 4) is 11.3 Å². The lowest BCUT2D eigenvalue weighted by Crippen LogP contribution is -2.58. The predicted octanol–water partition coefficient (Wildman–Crippen LogP) is 0.228. The van der Waals surface area contributed by atoms with Gasteiger partial charge >= 0.3 is 19.1 Å². The number of rotatable bonds is 11. The largest absolute Gasteiger partial charge is 0.552 e. The van der Waals surface area contributed by atoms with Crippen LogP contribution >= 0.6 is 0 Å². The number of esters is 1. The molecule has 208 valence electrons. The number of nitrogens with one attached hydrogen (secondary N) is 2. The first-order valence-corrected chi connectivity index (χ1v) is 12.5. The molecule has 3 rings (SSSR count).